The highest BCUT2D eigenvalue weighted by Gasteiger charge is 2.19. The number of amides is 1. The average molecular weight is 313 g/mol. The highest BCUT2D eigenvalue weighted by atomic mass is 32.1. The SMILES string of the molecule is CCc1noc(C)c1C(=O)Nc1ccc(-c2nccs2)cc1. The van der Waals surface area contributed by atoms with Crippen molar-refractivity contribution in [2.24, 2.45) is 0 Å². The molecule has 0 saturated carbocycles. The van der Waals surface area contributed by atoms with Gasteiger partial charge in [-0.25, -0.2) is 4.98 Å². The molecule has 1 amide bonds. The predicted molar refractivity (Wildman–Crippen MR) is 86.1 cm³/mol. The molecule has 112 valence electrons. The maximum Gasteiger partial charge on any atom is 0.261 e. The third-order valence-electron chi connectivity index (χ3n) is 3.32. The van der Waals surface area contributed by atoms with Crippen LogP contribution in [0.2, 0.25) is 0 Å². The number of nitrogens with one attached hydrogen (secondary N) is 1. The number of aromatic nitrogens is 2. The lowest BCUT2D eigenvalue weighted by molar-refractivity contribution is 0.102. The molecular formula is C16H15N3O2S. The Hall–Kier alpha value is -2.47. The summed E-state index contributed by atoms with van der Waals surface area (Å²) in [6.07, 6.45) is 2.43. The Morgan fingerprint density at radius 1 is 1.32 bits per heavy atom. The van der Waals surface area contributed by atoms with E-state index in [0.29, 0.717) is 23.4 Å². The first-order valence-corrected chi connectivity index (χ1v) is 7.83. The molecule has 0 spiro atoms. The molecule has 3 rings (SSSR count). The van der Waals surface area contributed by atoms with Crippen LogP contribution in [0.4, 0.5) is 5.69 Å². The number of nitrogens with zero attached hydrogens (tertiary/aromatic N) is 2. The van der Waals surface area contributed by atoms with Gasteiger partial charge in [-0.1, -0.05) is 12.1 Å². The number of aryl methyl sites for hydroxylation is 2. The third-order valence-corrected chi connectivity index (χ3v) is 4.14. The van der Waals surface area contributed by atoms with Crippen LogP contribution in [0.3, 0.4) is 0 Å². The van der Waals surface area contributed by atoms with Crippen molar-refractivity contribution in [1.82, 2.24) is 10.1 Å². The van der Waals surface area contributed by atoms with E-state index in [4.69, 9.17) is 4.52 Å². The van der Waals surface area contributed by atoms with Gasteiger partial charge in [0, 0.05) is 22.8 Å². The van der Waals surface area contributed by atoms with Gasteiger partial charge < -0.3 is 9.84 Å². The second-order valence-corrected chi connectivity index (χ2v) is 5.68. The highest BCUT2D eigenvalue weighted by Crippen LogP contribution is 2.24. The number of anilines is 1. The fraction of sp³-hybridized carbons (Fsp3) is 0.188. The Morgan fingerprint density at radius 3 is 2.73 bits per heavy atom. The minimum Gasteiger partial charge on any atom is -0.361 e. The van der Waals surface area contributed by atoms with Crippen LogP contribution in [0.15, 0.2) is 40.4 Å². The summed E-state index contributed by atoms with van der Waals surface area (Å²) in [7, 11) is 0. The second-order valence-electron chi connectivity index (χ2n) is 4.78. The molecule has 1 N–H and O–H groups in total. The number of benzene rings is 1. The Kier molecular flexibility index (Phi) is 4.02. The third kappa shape index (κ3) is 2.78. The van der Waals surface area contributed by atoms with Gasteiger partial charge in [0.25, 0.3) is 5.91 Å². The molecule has 5 nitrogen and oxygen atoms in total. The zero-order valence-electron chi connectivity index (χ0n) is 12.3. The van der Waals surface area contributed by atoms with E-state index in [1.54, 1.807) is 24.5 Å². The second kappa shape index (κ2) is 6.11. The van der Waals surface area contributed by atoms with Gasteiger partial charge >= 0.3 is 0 Å². The van der Waals surface area contributed by atoms with Crippen LogP contribution in [0, 0.1) is 6.92 Å². The Bertz CT molecular complexity index is 776. The van der Waals surface area contributed by atoms with E-state index >= 15 is 0 Å². The first kappa shape index (κ1) is 14.5. The summed E-state index contributed by atoms with van der Waals surface area (Å²) in [4.78, 5) is 16.6. The summed E-state index contributed by atoms with van der Waals surface area (Å²) < 4.78 is 5.10. The Morgan fingerprint density at radius 2 is 2.09 bits per heavy atom. The molecule has 0 aliphatic rings. The Labute approximate surface area is 132 Å². The fourth-order valence-electron chi connectivity index (χ4n) is 2.21. The van der Waals surface area contributed by atoms with Crippen LogP contribution in [-0.4, -0.2) is 16.0 Å². The fourth-order valence-corrected chi connectivity index (χ4v) is 2.85. The van der Waals surface area contributed by atoms with Gasteiger partial charge in [-0.15, -0.1) is 11.3 Å². The molecule has 0 unspecified atom stereocenters. The van der Waals surface area contributed by atoms with Gasteiger partial charge in [0.05, 0.1) is 5.69 Å². The number of hydrogen-bond donors (Lipinski definition) is 1. The topological polar surface area (TPSA) is 68.0 Å². The summed E-state index contributed by atoms with van der Waals surface area (Å²) in [5.74, 6) is 0.339. The zero-order valence-corrected chi connectivity index (χ0v) is 13.1. The van der Waals surface area contributed by atoms with E-state index in [0.717, 1.165) is 16.3 Å². The van der Waals surface area contributed by atoms with Crippen molar-refractivity contribution in [2.75, 3.05) is 5.32 Å². The molecule has 6 heteroatoms. The molecule has 0 atom stereocenters. The smallest absolute Gasteiger partial charge is 0.261 e. The molecule has 0 saturated heterocycles. The van der Waals surface area contributed by atoms with Crippen molar-refractivity contribution in [3.63, 3.8) is 0 Å². The Balaban J connectivity index is 1.78. The molecule has 0 aliphatic heterocycles. The molecule has 0 radical (unpaired) electrons. The van der Waals surface area contributed by atoms with Crippen molar-refractivity contribution in [1.29, 1.82) is 0 Å². The van der Waals surface area contributed by atoms with Gasteiger partial charge in [-0.2, -0.15) is 0 Å². The molecular weight excluding hydrogens is 298 g/mol. The number of carbonyl (C=O) groups is 1. The quantitative estimate of drug-likeness (QED) is 0.792. The normalized spacial score (nSPS) is 10.6. The van der Waals surface area contributed by atoms with Gasteiger partial charge in [0.15, 0.2) is 0 Å². The lowest BCUT2D eigenvalue weighted by atomic mass is 10.1. The van der Waals surface area contributed by atoms with E-state index in [-0.39, 0.29) is 5.91 Å². The lowest BCUT2D eigenvalue weighted by Gasteiger charge is -2.06. The number of thiazole rings is 1. The van der Waals surface area contributed by atoms with Gasteiger partial charge in [-0.3, -0.25) is 4.79 Å². The van der Waals surface area contributed by atoms with E-state index in [1.807, 2.05) is 36.6 Å². The highest BCUT2D eigenvalue weighted by molar-refractivity contribution is 7.13. The van der Waals surface area contributed by atoms with E-state index in [9.17, 15) is 4.79 Å². The first-order valence-electron chi connectivity index (χ1n) is 6.95. The minimum atomic E-state index is -0.197. The molecule has 0 bridgehead atoms. The van der Waals surface area contributed by atoms with E-state index in [1.165, 1.54) is 0 Å². The largest absolute Gasteiger partial charge is 0.361 e. The number of rotatable bonds is 4. The first-order chi connectivity index (χ1) is 10.7. The van der Waals surface area contributed by atoms with Crippen LogP contribution >= 0.6 is 11.3 Å². The standard InChI is InChI=1S/C16H15N3O2S/c1-3-13-14(10(2)21-19-13)15(20)18-12-6-4-11(5-7-12)16-17-8-9-22-16/h4-9H,3H2,1-2H3,(H,18,20). The van der Waals surface area contributed by atoms with E-state index in [2.05, 4.69) is 15.5 Å². The van der Waals surface area contributed by atoms with Crippen LogP contribution in [0.1, 0.15) is 28.7 Å². The molecule has 0 fully saturated rings. The predicted octanol–water partition coefficient (Wildman–Crippen LogP) is 3.92. The maximum atomic E-state index is 12.4. The lowest BCUT2D eigenvalue weighted by Crippen LogP contribution is -2.14. The molecule has 3 aromatic rings. The van der Waals surface area contributed by atoms with Crippen molar-refractivity contribution in [3.8, 4) is 10.6 Å². The molecule has 2 aromatic heterocycles. The van der Waals surface area contributed by atoms with Gasteiger partial charge in [0.1, 0.15) is 16.3 Å². The molecule has 22 heavy (non-hydrogen) atoms. The van der Waals surface area contributed by atoms with Gasteiger partial charge in [0.2, 0.25) is 0 Å². The minimum absolute atomic E-state index is 0.197. The molecule has 2 heterocycles. The summed E-state index contributed by atoms with van der Waals surface area (Å²) in [6.45, 7) is 3.68. The van der Waals surface area contributed by atoms with Gasteiger partial charge in [-0.05, 0) is 37.6 Å². The zero-order chi connectivity index (χ0) is 15.5. The monoisotopic (exact) mass is 313 g/mol. The summed E-state index contributed by atoms with van der Waals surface area (Å²) in [6, 6.07) is 7.61. The maximum absolute atomic E-state index is 12.4. The van der Waals surface area contributed by atoms with Crippen LogP contribution in [-0.2, 0) is 6.42 Å². The summed E-state index contributed by atoms with van der Waals surface area (Å²) in [5.41, 5.74) is 2.96. The molecule has 0 aliphatic carbocycles. The van der Waals surface area contributed by atoms with Crippen molar-refractivity contribution in [3.05, 3.63) is 52.9 Å². The van der Waals surface area contributed by atoms with Crippen molar-refractivity contribution in [2.45, 2.75) is 20.3 Å². The molecule has 1 aromatic carbocycles. The van der Waals surface area contributed by atoms with Crippen molar-refractivity contribution < 1.29 is 9.32 Å². The van der Waals surface area contributed by atoms with Crippen LogP contribution in [0.5, 0.6) is 0 Å². The van der Waals surface area contributed by atoms with E-state index < -0.39 is 0 Å². The summed E-state index contributed by atoms with van der Waals surface area (Å²) in [5, 5.41) is 9.67. The van der Waals surface area contributed by atoms with Crippen molar-refractivity contribution >= 4 is 22.9 Å². The van der Waals surface area contributed by atoms with Crippen LogP contribution in [0.25, 0.3) is 10.6 Å². The number of hydrogen-bond acceptors (Lipinski definition) is 5. The van der Waals surface area contributed by atoms with Crippen LogP contribution < -0.4 is 5.32 Å². The number of carbonyl (C=O) groups excluding carboxylic acids is 1. The summed E-state index contributed by atoms with van der Waals surface area (Å²) >= 11 is 1.58. The average Bonchev–Trinajstić information content (AvgIpc) is 3.17.